The van der Waals surface area contributed by atoms with Crippen LogP contribution in [0.25, 0.3) is 0 Å². The second kappa shape index (κ2) is 7.72. The van der Waals surface area contributed by atoms with E-state index in [4.69, 9.17) is 4.42 Å². The summed E-state index contributed by atoms with van der Waals surface area (Å²) in [4.78, 5) is 29.9. The summed E-state index contributed by atoms with van der Waals surface area (Å²) in [7, 11) is 0. The number of rotatable bonds is 5. The molecule has 3 heterocycles. The van der Waals surface area contributed by atoms with Crippen LogP contribution in [0.2, 0.25) is 0 Å². The molecule has 0 radical (unpaired) electrons. The number of aromatic nitrogens is 2. The molecule has 2 aromatic heterocycles. The third-order valence-corrected chi connectivity index (χ3v) is 4.82. The van der Waals surface area contributed by atoms with Crippen molar-refractivity contribution in [3.05, 3.63) is 71.2 Å². The van der Waals surface area contributed by atoms with E-state index in [1.54, 1.807) is 18.4 Å². The maximum Gasteiger partial charge on any atom is 0.287 e. The van der Waals surface area contributed by atoms with E-state index < -0.39 is 0 Å². The molecular formula is C21H22N4O3. The van der Waals surface area contributed by atoms with Crippen LogP contribution < -0.4 is 10.6 Å². The second-order valence-corrected chi connectivity index (χ2v) is 6.93. The van der Waals surface area contributed by atoms with Gasteiger partial charge >= 0.3 is 0 Å². The van der Waals surface area contributed by atoms with Crippen molar-refractivity contribution < 1.29 is 14.0 Å². The van der Waals surface area contributed by atoms with Gasteiger partial charge in [0.15, 0.2) is 11.5 Å². The molecule has 7 heteroatoms. The predicted octanol–water partition coefficient (Wildman–Crippen LogP) is 3.30. The van der Waals surface area contributed by atoms with Crippen molar-refractivity contribution in [2.24, 2.45) is 0 Å². The zero-order valence-corrected chi connectivity index (χ0v) is 15.7. The van der Waals surface area contributed by atoms with Gasteiger partial charge in [-0.3, -0.25) is 9.59 Å². The van der Waals surface area contributed by atoms with Crippen LogP contribution in [-0.2, 0) is 19.5 Å². The first-order valence-electron chi connectivity index (χ1n) is 9.40. The molecule has 0 aliphatic carbocycles. The van der Waals surface area contributed by atoms with Crippen LogP contribution in [0.4, 0.5) is 5.69 Å². The topological polar surface area (TPSA) is 89.2 Å². The Morgan fingerprint density at radius 2 is 2.07 bits per heavy atom. The number of amides is 2. The number of fused-ring (bicyclic) bond motifs is 1. The monoisotopic (exact) mass is 378 g/mol. The molecule has 1 aliphatic rings. The standard InChI is InChI=1S/C21H22N4O3/c1-14-6-4-7-15(12-14)23-20(26)18-17-9-2-3-10-25(17)19(24-18)21(27)22-13-16-8-5-11-28-16/h4-8,11-12H,2-3,9-10,13H2,1H3,(H,22,27)(H,23,26). The van der Waals surface area contributed by atoms with E-state index in [0.29, 0.717) is 23.7 Å². The number of hydrogen-bond acceptors (Lipinski definition) is 4. The SMILES string of the molecule is Cc1cccc(NC(=O)c2nc(C(=O)NCc3ccco3)n3c2CCCC3)c1. The first-order valence-corrected chi connectivity index (χ1v) is 9.40. The summed E-state index contributed by atoms with van der Waals surface area (Å²) < 4.78 is 7.11. The van der Waals surface area contributed by atoms with Gasteiger partial charge in [0, 0.05) is 12.2 Å². The predicted molar refractivity (Wildman–Crippen MR) is 104 cm³/mol. The Kier molecular flexibility index (Phi) is 4.97. The number of carbonyl (C=O) groups is 2. The quantitative estimate of drug-likeness (QED) is 0.713. The van der Waals surface area contributed by atoms with Crippen molar-refractivity contribution in [1.82, 2.24) is 14.9 Å². The Bertz CT molecular complexity index is 1000. The van der Waals surface area contributed by atoms with E-state index in [-0.39, 0.29) is 24.2 Å². The van der Waals surface area contributed by atoms with Crippen LogP contribution >= 0.6 is 0 Å². The lowest BCUT2D eigenvalue weighted by molar-refractivity contribution is 0.0932. The second-order valence-electron chi connectivity index (χ2n) is 6.93. The lowest BCUT2D eigenvalue weighted by Crippen LogP contribution is -2.27. The molecule has 0 fully saturated rings. The Morgan fingerprint density at radius 3 is 2.86 bits per heavy atom. The zero-order valence-electron chi connectivity index (χ0n) is 15.7. The number of hydrogen-bond donors (Lipinski definition) is 2. The van der Waals surface area contributed by atoms with Crippen molar-refractivity contribution in [3.63, 3.8) is 0 Å². The van der Waals surface area contributed by atoms with Crippen molar-refractivity contribution in [2.45, 2.75) is 39.3 Å². The Balaban J connectivity index is 1.57. The molecule has 4 rings (SSSR count). The van der Waals surface area contributed by atoms with Crippen molar-refractivity contribution >= 4 is 17.5 Å². The maximum absolute atomic E-state index is 12.8. The first kappa shape index (κ1) is 18.0. The Morgan fingerprint density at radius 1 is 1.18 bits per heavy atom. The molecule has 2 N–H and O–H groups in total. The first-order chi connectivity index (χ1) is 13.6. The van der Waals surface area contributed by atoms with Crippen LogP contribution in [0.1, 0.15) is 51.0 Å². The summed E-state index contributed by atoms with van der Waals surface area (Å²) in [6.45, 7) is 2.93. The molecule has 1 aliphatic heterocycles. The van der Waals surface area contributed by atoms with Crippen LogP contribution in [0.3, 0.4) is 0 Å². The number of imidazole rings is 1. The number of furan rings is 1. The lowest BCUT2D eigenvalue weighted by atomic mass is 10.1. The van der Waals surface area contributed by atoms with E-state index in [9.17, 15) is 9.59 Å². The smallest absolute Gasteiger partial charge is 0.287 e. The Hall–Kier alpha value is -3.35. The highest BCUT2D eigenvalue weighted by molar-refractivity contribution is 6.05. The fourth-order valence-corrected chi connectivity index (χ4v) is 3.47. The number of carbonyl (C=O) groups excluding carboxylic acids is 2. The minimum absolute atomic E-state index is 0.274. The molecule has 0 unspecified atom stereocenters. The number of nitrogens with one attached hydrogen (secondary N) is 2. The van der Waals surface area contributed by atoms with Gasteiger partial charge in [0.05, 0.1) is 18.5 Å². The molecule has 0 saturated heterocycles. The van der Waals surface area contributed by atoms with Gasteiger partial charge < -0.3 is 19.6 Å². The molecule has 28 heavy (non-hydrogen) atoms. The third kappa shape index (κ3) is 3.69. The molecule has 7 nitrogen and oxygen atoms in total. The molecule has 0 atom stereocenters. The molecule has 144 valence electrons. The summed E-state index contributed by atoms with van der Waals surface area (Å²) in [5.41, 5.74) is 2.91. The number of nitrogens with zero attached hydrogens (tertiary/aromatic N) is 2. The molecular weight excluding hydrogens is 356 g/mol. The fraction of sp³-hybridized carbons (Fsp3) is 0.286. The summed E-state index contributed by atoms with van der Waals surface area (Å²) in [5.74, 6) is 0.335. The van der Waals surface area contributed by atoms with Crippen LogP contribution in [0, 0.1) is 6.92 Å². The van der Waals surface area contributed by atoms with Gasteiger partial charge in [0.25, 0.3) is 11.8 Å². The summed E-state index contributed by atoms with van der Waals surface area (Å²) in [6, 6.07) is 11.2. The van der Waals surface area contributed by atoms with Gasteiger partial charge in [0.2, 0.25) is 0 Å². The summed E-state index contributed by atoms with van der Waals surface area (Å²) >= 11 is 0. The van der Waals surface area contributed by atoms with Crippen LogP contribution in [0.15, 0.2) is 47.1 Å². The zero-order chi connectivity index (χ0) is 19.5. The minimum atomic E-state index is -0.311. The van der Waals surface area contributed by atoms with E-state index in [1.165, 1.54) is 0 Å². The van der Waals surface area contributed by atoms with Gasteiger partial charge in [-0.2, -0.15) is 0 Å². The normalized spacial score (nSPS) is 13.0. The van der Waals surface area contributed by atoms with Gasteiger partial charge in [-0.15, -0.1) is 0 Å². The average molecular weight is 378 g/mol. The molecule has 3 aromatic rings. The molecule has 0 saturated carbocycles. The fourth-order valence-electron chi connectivity index (χ4n) is 3.47. The van der Waals surface area contributed by atoms with Gasteiger partial charge in [0.1, 0.15) is 5.76 Å². The maximum atomic E-state index is 12.8. The molecule has 0 spiro atoms. The van der Waals surface area contributed by atoms with Gasteiger partial charge in [-0.05, 0) is 56.0 Å². The minimum Gasteiger partial charge on any atom is -0.467 e. The van der Waals surface area contributed by atoms with E-state index >= 15 is 0 Å². The van der Waals surface area contributed by atoms with Crippen molar-refractivity contribution in [1.29, 1.82) is 0 Å². The van der Waals surface area contributed by atoms with Gasteiger partial charge in [-0.25, -0.2) is 4.98 Å². The van der Waals surface area contributed by atoms with E-state index in [1.807, 2.05) is 35.8 Å². The van der Waals surface area contributed by atoms with E-state index in [2.05, 4.69) is 15.6 Å². The lowest BCUT2D eigenvalue weighted by Gasteiger charge is -2.17. The highest BCUT2D eigenvalue weighted by atomic mass is 16.3. The number of anilines is 1. The van der Waals surface area contributed by atoms with Crippen molar-refractivity contribution in [2.75, 3.05) is 5.32 Å². The van der Waals surface area contributed by atoms with Crippen LogP contribution in [-0.4, -0.2) is 21.4 Å². The highest BCUT2D eigenvalue weighted by Crippen LogP contribution is 2.22. The van der Waals surface area contributed by atoms with Crippen molar-refractivity contribution in [3.8, 4) is 0 Å². The summed E-state index contributed by atoms with van der Waals surface area (Å²) in [6.07, 6.45) is 4.23. The molecule has 2 amide bonds. The van der Waals surface area contributed by atoms with Crippen LogP contribution in [0.5, 0.6) is 0 Å². The highest BCUT2D eigenvalue weighted by Gasteiger charge is 2.27. The number of benzene rings is 1. The third-order valence-electron chi connectivity index (χ3n) is 4.82. The Labute approximate surface area is 162 Å². The summed E-state index contributed by atoms with van der Waals surface area (Å²) in [5, 5.41) is 5.71. The largest absolute Gasteiger partial charge is 0.467 e. The molecule has 1 aromatic carbocycles. The van der Waals surface area contributed by atoms with E-state index in [0.717, 1.165) is 30.5 Å². The van der Waals surface area contributed by atoms with Gasteiger partial charge in [-0.1, -0.05) is 12.1 Å². The average Bonchev–Trinajstić information content (AvgIpc) is 3.34. The number of aryl methyl sites for hydroxylation is 1. The molecule has 0 bridgehead atoms.